The number of methoxy groups -OCH3 is 1. The van der Waals surface area contributed by atoms with E-state index in [1.807, 2.05) is 6.92 Å². The zero-order valence-electron chi connectivity index (χ0n) is 12.2. The highest BCUT2D eigenvalue weighted by Gasteiger charge is 2.18. The topological polar surface area (TPSA) is 92.0 Å². The van der Waals surface area contributed by atoms with Gasteiger partial charge in [0.15, 0.2) is 18.1 Å². The van der Waals surface area contributed by atoms with E-state index in [9.17, 15) is 4.79 Å². The van der Waals surface area contributed by atoms with Gasteiger partial charge in [-0.05, 0) is 13.0 Å². The minimum atomic E-state index is -0.222. The summed E-state index contributed by atoms with van der Waals surface area (Å²) in [6.45, 7) is 2.67. The fourth-order valence-corrected chi connectivity index (χ4v) is 2.01. The van der Waals surface area contributed by atoms with Crippen LogP contribution >= 0.6 is 0 Å². The first kappa shape index (κ1) is 15.4. The van der Waals surface area contributed by atoms with Crippen LogP contribution in [0.5, 0.6) is 17.2 Å². The van der Waals surface area contributed by atoms with Crippen molar-refractivity contribution in [2.24, 2.45) is 5.73 Å². The van der Waals surface area contributed by atoms with Gasteiger partial charge in [0, 0.05) is 31.3 Å². The first-order valence-electron chi connectivity index (χ1n) is 6.67. The summed E-state index contributed by atoms with van der Waals surface area (Å²) in [6, 6.07) is 3.39. The summed E-state index contributed by atoms with van der Waals surface area (Å²) in [6.07, 6.45) is 0. The van der Waals surface area contributed by atoms with E-state index in [0.717, 1.165) is 5.56 Å². The zero-order valence-corrected chi connectivity index (χ0v) is 12.2. The summed E-state index contributed by atoms with van der Waals surface area (Å²) in [4.78, 5) is 11.8. The number of ether oxygens (including phenoxy) is 4. The van der Waals surface area contributed by atoms with Crippen LogP contribution in [0.25, 0.3) is 0 Å². The van der Waals surface area contributed by atoms with Crippen molar-refractivity contribution < 1.29 is 23.7 Å². The van der Waals surface area contributed by atoms with Crippen LogP contribution in [-0.2, 0) is 16.1 Å². The first-order chi connectivity index (χ1) is 10.1. The highest BCUT2D eigenvalue weighted by Crippen LogP contribution is 2.37. The lowest BCUT2D eigenvalue weighted by atomic mass is 10.2. The maximum absolute atomic E-state index is 11.8. The van der Waals surface area contributed by atoms with E-state index in [2.05, 4.69) is 5.32 Å². The maximum atomic E-state index is 11.8. The van der Waals surface area contributed by atoms with Gasteiger partial charge in [-0.1, -0.05) is 0 Å². The molecular weight excluding hydrogens is 276 g/mol. The van der Waals surface area contributed by atoms with Crippen molar-refractivity contribution in [3.05, 3.63) is 17.7 Å². The van der Waals surface area contributed by atoms with Crippen LogP contribution < -0.4 is 25.3 Å². The van der Waals surface area contributed by atoms with Gasteiger partial charge in [0.25, 0.3) is 5.91 Å². The molecule has 1 atom stereocenters. The number of nitrogens with one attached hydrogen (secondary N) is 1. The normalized spacial score (nSPS) is 13.9. The third-order valence-corrected chi connectivity index (χ3v) is 2.96. The minimum absolute atomic E-state index is 0.0724. The first-order valence-corrected chi connectivity index (χ1v) is 6.67. The molecule has 0 fully saturated rings. The van der Waals surface area contributed by atoms with E-state index in [0.29, 0.717) is 23.9 Å². The SMILES string of the molecule is COCC(C)NC(=O)COc1cc2c(cc1CN)OCO2. The number of fused-ring (bicyclic) bond motifs is 1. The van der Waals surface area contributed by atoms with E-state index in [-0.39, 0.29) is 31.9 Å². The van der Waals surface area contributed by atoms with Crippen LogP contribution in [0.1, 0.15) is 12.5 Å². The van der Waals surface area contributed by atoms with Gasteiger partial charge < -0.3 is 30.0 Å². The number of nitrogens with two attached hydrogens (primary N) is 1. The van der Waals surface area contributed by atoms with Crippen molar-refractivity contribution in [3.63, 3.8) is 0 Å². The zero-order chi connectivity index (χ0) is 15.2. The molecule has 0 bridgehead atoms. The predicted octanol–water partition coefficient (Wildman–Crippen LogP) is 0.404. The second-order valence-electron chi connectivity index (χ2n) is 4.73. The number of hydrogen-bond donors (Lipinski definition) is 2. The van der Waals surface area contributed by atoms with Gasteiger partial charge in [-0.3, -0.25) is 4.79 Å². The van der Waals surface area contributed by atoms with E-state index < -0.39 is 0 Å². The molecule has 1 amide bonds. The molecule has 1 aromatic carbocycles. The molecule has 0 radical (unpaired) electrons. The minimum Gasteiger partial charge on any atom is -0.483 e. The molecule has 21 heavy (non-hydrogen) atoms. The molecule has 3 N–H and O–H groups in total. The Balaban J connectivity index is 1.95. The molecule has 1 aliphatic rings. The Morgan fingerprint density at radius 1 is 1.43 bits per heavy atom. The summed E-state index contributed by atoms with van der Waals surface area (Å²) >= 11 is 0. The van der Waals surface area contributed by atoms with Gasteiger partial charge in [-0.15, -0.1) is 0 Å². The largest absolute Gasteiger partial charge is 0.483 e. The van der Waals surface area contributed by atoms with Gasteiger partial charge in [0.05, 0.1) is 6.61 Å². The number of benzene rings is 1. The van der Waals surface area contributed by atoms with Crippen LogP contribution in [0.15, 0.2) is 12.1 Å². The Hall–Kier alpha value is -1.99. The van der Waals surface area contributed by atoms with Crippen LogP contribution in [-0.4, -0.2) is 39.1 Å². The molecule has 1 aliphatic heterocycles. The number of rotatable bonds is 7. The van der Waals surface area contributed by atoms with Crippen LogP contribution in [0.2, 0.25) is 0 Å². The van der Waals surface area contributed by atoms with E-state index in [4.69, 9.17) is 24.7 Å². The average molecular weight is 296 g/mol. The van der Waals surface area contributed by atoms with Crippen LogP contribution in [0, 0.1) is 0 Å². The number of carbonyl (C=O) groups is 1. The summed E-state index contributed by atoms with van der Waals surface area (Å²) < 4.78 is 21.0. The van der Waals surface area contributed by atoms with Crippen molar-refractivity contribution in [1.82, 2.24) is 5.32 Å². The van der Waals surface area contributed by atoms with Gasteiger partial charge in [0.2, 0.25) is 6.79 Å². The van der Waals surface area contributed by atoms with Crippen LogP contribution in [0.4, 0.5) is 0 Å². The molecule has 7 nitrogen and oxygen atoms in total. The predicted molar refractivity (Wildman–Crippen MR) is 75.4 cm³/mol. The van der Waals surface area contributed by atoms with Gasteiger partial charge in [0.1, 0.15) is 5.75 Å². The average Bonchev–Trinajstić information content (AvgIpc) is 2.91. The molecule has 116 valence electrons. The Labute approximate surface area is 123 Å². The fourth-order valence-electron chi connectivity index (χ4n) is 2.01. The lowest BCUT2D eigenvalue weighted by Gasteiger charge is -2.14. The molecule has 0 spiro atoms. The standard InChI is InChI=1S/C14H20N2O5/c1-9(6-18-2)16-14(17)7-19-11-4-13-12(20-8-21-13)3-10(11)5-15/h3-4,9H,5-8,15H2,1-2H3,(H,16,17). The van der Waals surface area contributed by atoms with E-state index in [1.54, 1.807) is 19.2 Å². The Morgan fingerprint density at radius 3 is 2.81 bits per heavy atom. The molecule has 7 heteroatoms. The third-order valence-electron chi connectivity index (χ3n) is 2.96. The highest BCUT2D eigenvalue weighted by atomic mass is 16.7. The summed E-state index contributed by atoms with van der Waals surface area (Å²) in [7, 11) is 1.58. The molecule has 1 heterocycles. The molecule has 0 aromatic heterocycles. The molecule has 0 aliphatic carbocycles. The Bertz CT molecular complexity index is 506. The molecule has 1 aromatic rings. The molecule has 2 rings (SSSR count). The number of carbonyl (C=O) groups excluding carboxylic acids is 1. The molecule has 0 saturated carbocycles. The monoisotopic (exact) mass is 296 g/mol. The molecular formula is C14H20N2O5. The van der Waals surface area contributed by atoms with Crippen molar-refractivity contribution in [3.8, 4) is 17.2 Å². The van der Waals surface area contributed by atoms with Crippen molar-refractivity contribution >= 4 is 5.91 Å². The summed E-state index contributed by atoms with van der Waals surface area (Å²) in [5.74, 6) is 1.54. The van der Waals surface area contributed by atoms with Crippen molar-refractivity contribution in [1.29, 1.82) is 0 Å². The number of hydrogen-bond acceptors (Lipinski definition) is 6. The Kier molecular flexibility index (Phi) is 5.24. The lowest BCUT2D eigenvalue weighted by Crippen LogP contribution is -2.38. The van der Waals surface area contributed by atoms with E-state index in [1.165, 1.54) is 0 Å². The summed E-state index contributed by atoms with van der Waals surface area (Å²) in [5.41, 5.74) is 6.44. The van der Waals surface area contributed by atoms with Gasteiger partial charge >= 0.3 is 0 Å². The maximum Gasteiger partial charge on any atom is 0.258 e. The van der Waals surface area contributed by atoms with E-state index >= 15 is 0 Å². The smallest absolute Gasteiger partial charge is 0.258 e. The quantitative estimate of drug-likeness (QED) is 0.757. The molecule has 0 saturated heterocycles. The second-order valence-corrected chi connectivity index (χ2v) is 4.73. The summed E-state index contributed by atoms with van der Waals surface area (Å²) in [5, 5.41) is 2.76. The van der Waals surface area contributed by atoms with Crippen molar-refractivity contribution in [2.75, 3.05) is 27.1 Å². The third kappa shape index (κ3) is 3.99. The van der Waals surface area contributed by atoms with Crippen LogP contribution in [0.3, 0.4) is 0 Å². The van der Waals surface area contributed by atoms with Gasteiger partial charge in [-0.2, -0.15) is 0 Å². The second kappa shape index (κ2) is 7.14. The lowest BCUT2D eigenvalue weighted by molar-refractivity contribution is -0.124. The molecule has 1 unspecified atom stereocenters. The Morgan fingerprint density at radius 2 is 2.14 bits per heavy atom. The fraction of sp³-hybridized carbons (Fsp3) is 0.500. The van der Waals surface area contributed by atoms with Gasteiger partial charge in [-0.25, -0.2) is 0 Å². The van der Waals surface area contributed by atoms with Crippen molar-refractivity contribution in [2.45, 2.75) is 19.5 Å². The highest BCUT2D eigenvalue weighted by molar-refractivity contribution is 5.77. The number of amides is 1.